The van der Waals surface area contributed by atoms with Crippen molar-refractivity contribution in [2.45, 2.75) is 50.7 Å². The zero-order valence-corrected chi connectivity index (χ0v) is 25.4. The molecule has 0 heterocycles. The largest absolute Gasteiger partial charge is 0.497 e. The van der Waals surface area contributed by atoms with Crippen LogP contribution >= 0.6 is 11.6 Å². The molecule has 0 saturated heterocycles. The number of methoxy groups -OCH3 is 2. The van der Waals surface area contributed by atoms with Crippen LogP contribution in [0, 0.1) is 0 Å². The van der Waals surface area contributed by atoms with Crippen molar-refractivity contribution in [1.82, 2.24) is 10.2 Å². The van der Waals surface area contributed by atoms with Crippen LogP contribution in [0.4, 0.5) is 5.69 Å². The third-order valence-corrected chi connectivity index (χ3v) is 8.68. The molecule has 0 fully saturated rings. The van der Waals surface area contributed by atoms with E-state index in [1.807, 2.05) is 13.8 Å². The molecule has 0 unspecified atom stereocenters. The van der Waals surface area contributed by atoms with Crippen molar-refractivity contribution < 1.29 is 27.5 Å². The van der Waals surface area contributed by atoms with Crippen molar-refractivity contribution in [3.63, 3.8) is 0 Å². The normalized spacial score (nSPS) is 12.6. The SMILES string of the molecule is CC[C@@H](C)NC(=O)[C@H](C)N(Cc1cccc(Cl)c1)C(=O)CN(c1cc(OC)ccc1OC)S(=O)(=O)c1ccccc1. The fourth-order valence-corrected chi connectivity index (χ4v) is 5.76. The van der Waals surface area contributed by atoms with Gasteiger partial charge in [0.1, 0.15) is 24.1 Å². The van der Waals surface area contributed by atoms with E-state index < -0.39 is 28.5 Å². The predicted octanol–water partition coefficient (Wildman–Crippen LogP) is 4.88. The van der Waals surface area contributed by atoms with Gasteiger partial charge in [-0.15, -0.1) is 0 Å². The Morgan fingerprint density at radius 1 is 0.951 bits per heavy atom. The van der Waals surface area contributed by atoms with Crippen molar-refractivity contribution >= 4 is 39.1 Å². The van der Waals surface area contributed by atoms with Crippen LogP contribution in [0.25, 0.3) is 0 Å². The summed E-state index contributed by atoms with van der Waals surface area (Å²) in [6, 6.07) is 18.4. The first-order valence-corrected chi connectivity index (χ1v) is 15.0. The number of nitrogens with zero attached hydrogens (tertiary/aromatic N) is 2. The number of carbonyl (C=O) groups is 2. The van der Waals surface area contributed by atoms with Gasteiger partial charge in [-0.2, -0.15) is 0 Å². The fourth-order valence-electron chi connectivity index (χ4n) is 4.10. The number of halogens is 1. The van der Waals surface area contributed by atoms with Crippen LogP contribution in [0.5, 0.6) is 11.5 Å². The van der Waals surface area contributed by atoms with Crippen LogP contribution in [-0.4, -0.2) is 58.0 Å². The third-order valence-electron chi connectivity index (χ3n) is 6.68. The molecule has 9 nitrogen and oxygen atoms in total. The van der Waals surface area contributed by atoms with E-state index in [-0.39, 0.29) is 34.8 Å². The van der Waals surface area contributed by atoms with E-state index in [1.54, 1.807) is 61.5 Å². The van der Waals surface area contributed by atoms with Crippen LogP contribution in [-0.2, 0) is 26.2 Å². The van der Waals surface area contributed by atoms with E-state index in [2.05, 4.69) is 5.32 Å². The maximum absolute atomic E-state index is 14.1. The molecule has 0 aliphatic carbocycles. The smallest absolute Gasteiger partial charge is 0.264 e. The maximum Gasteiger partial charge on any atom is 0.264 e. The highest BCUT2D eigenvalue weighted by Gasteiger charge is 2.34. The molecule has 2 atom stereocenters. The standard InChI is InChI=1S/C30H36ClN3O6S/c1-6-21(2)32-30(36)22(3)33(19-23-11-10-12-24(31)17-23)29(35)20-34(41(37,38)26-13-8-7-9-14-26)27-18-25(39-4)15-16-28(27)40-5/h7-18,21-22H,6,19-20H2,1-5H3,(H,32,36)/t21-,22+/m1/s1. The summed E-state index contributed by atoms with van der Waals surface area (Å²) in [4.78, 5) is 28.6. The molecule has 0 spiro atoms. The molecule has 3 aromatic carbocycles. The number of rotatable bonds is 13. The highest BCUT2D eigenvalue weighted by atomic mass is 35.5. The Balaban J connectivity index is 2.10. The summed E-state index contributed by atoms with van der Waals surface area (Å²) in [6.07, 6.45) is 0.708. The van der Waals surface area contributed by atoms with Crippen LogP contribution in [0.1, 0.15) is 32.8 Å². The number of hydrogen-bond donors (Lipinski definition) is 1. The highest BCUT2D eigenvalue weighted by molar-refractivity contribution is 7.92. The second-order valence-electron chi connectivity index (χ2n) is 9.51. The quantitative estimate of drug-likeness (QED) is 0.299. The molecule has 1 N–H and O–H groups in total. The Bertz CT molecular complexity index is 1450. The van der Waals surface area contributed by atoms with Crippen molar-refractivity contribution in [2.24, 2.45) is 0 Å². The molecule has 0 bridgehead atoms. The Morgan fingerprint density at radius 2 is 1.66 bits per heavy atom. The summed E-state index contributed by atoms with van der Waals surface area (Å²) in [6.45, 7) is 4.85. The lowest BCUT2D eigenvalue weighted by atomic mass is 10.1. The monoisotopic (exact) mass is 601 g/mol. The molecular weight excluding hydrogens is 566 g/mol. The first-order valence-electron chi connectivity index (χ1n) is 13.2. The summed E-state index contributed by atoms with van der Waals surface area (Å²) < 4.78 is 39.8. The first kappa shape index (κ1) is 31.8. The number of sulfonamides is 1. The minimum absolute atomic E-state index is 0.0124. The van der Waals surface area contributed by atoms with Gasteiger partial charge in [-0.05, 0) is 62.2 Å². The van der Waals surface area contributed by atoms with Gasteiger partial charge in [-0.25, -0.2) is 8.42 Å². The molecular formula is C30H36ClN3O6S. The van der Waals surface area contributed by atoms with Crippen LogP contribution < -0.4 is 19.1 Å². The van der Waals surface area contributed by atoms with E-state index >= 15 is 0 Å². The van der Waals surface area contributed by atoms with E-state index in [1.165, 1.54) is 37.3 Å². The topological polar surface area (TPSA) is 105 Å². The van der Waals surface area contributed by atoms with Gasteiger partial charge in [-0.1, -0.05) is 48.9 Å². The summed E-state index contributed by atoms with van der Waals surface area (Å²) in [5.41, 5.74) is 0.800. The molecule has 220 valence electrons. The molecule has 41 heavy (non-hydrogen) atoms. The van der Waals surface area contributed by atoms with E-state index in [4.69, 9.17) is 21.1 Å². The Morgan fingerprint density at radius 3 is 2.27 bits per heavy atom. The summed E-state index contributed by atoms with van der Waals surface area (Å²) >= 11 is 6.20. The summed E-state index contributed by atoms with van der Waals surface area (Å²) in [5, 5.41) is 3.38. The summed E-state index contributed by atoms with van der Waals surface area (Å²) in [5.74, 6) is -0.354. The zero-order chi connectivity index (χ0) is 30.2. The number of ether oxygens (including phenoxy) is 2. The molecule has 11 heteroatoms. The Hall–Kier alpha value is -3.76. The fraction of sp³-hybridized carbons (Fsp3) is 0.333. The molecule has 3 aromatic rings. The molecule has 0 aliphatic heterocycles. The predicted molar refractivity (Wildman–Crippen MR) is 160 cm³/mol. The molecule has 0 aliphatic rings. The second kappa shape index (κ2) is 14.2. The van der Waals surface area contributed by atoms with Gasteiger partial charge < -0.3 is 19.7 Å². The Labute approximate surface area is 247 Å². The van der Waals surface area contributed by atoms with Crippen molar-refractivity contribution in [3.8, 4) is 11.5 Å². The second-order valence-corrected chi connectivity index (χ2v) is 11.8. The number of carbonyl (C=O) groups excluding carboxylic acids is 2. The average molecular weight is 602 g/mol. The number of hydrogen-bond acceptors (Lipinski definition) is 6. The van der Waals surface area contributed by atoms with Crippen molar-refractivity contribution in [2.75, 3.05) is 25.1 Å². The Kier molecular flexibility index (Phi) is 11.0. The van der Waals surface area contributed by atoms with Crippen molar-refractivity contribution in [3.05, 3.63) is 83.4 Å². The van der Waals surface area contributed by atoms with Crippen LogP contribution in [0.15, 0.2) is 77.7 Å². The molecule has 0 radical (unpaired) electrons. The van der Waals surface area contributed by atoms with Gasteiger partial charge in [0, 0.05) is 23.7 Å². The molecule has 3 rings (SSSR count). The van der Waals surface area contributed by atoms with E-state index in [0.717, 1.165) is 4.31 Å². The molecule has 0 aromatic heterocycles. The molecule has 0 saturated carbocycles. The number of benzene rings is 3. The van der Waals surface area contributed by atoms with Gasteiger partial charge in [0.15, 0.2) is 0 Å². The summed E-state index contributed by atoms with van der Waals surface area (Å²) in [7, 11) is -1.39. The highest BCUT2D eigenvalue weighted by Crippen LogP contribution is 2.36. The minimum atomic E-state index is -4.26. The van der Waals surface area contributed by atoms with Gasteiger partial charge >= 0.3 is 0 Å². The first-order chi connectivity index (χ1) is 19.5. The number of amides is 2. The van der Waals surface area contributed by atoms with Crippen LogP contribution in [0.2, 0.25) is 5.02 Å². The lowest BCUT2D eigenvalue weighted by Crippen LogP contribution is -2.52. The average Bonchev–Trinajstić information content (AvgIpc) is 2.98. The lowest BCUT2D eigenvalue weighted by molar-refractivity contribution is -0.139. The van der Waals surface area contributed by atoms with E-state index in [9.17, 15) is 18.0 Å². The maximum atomic E-state index is 14.1. The van der Waals surface area contributed by atoms with Gasteiger partial charge in [0.2, 0.25) is 11.8 Å². The minimum Gasteiger partial charge on any atom is -0.497 e. The lowest BCUT2D eigenvalue weighted by Gasteiger charge is -2.33. The number of nitrogens with one attached hydrogen (secondary N) is 1. The van der Waals surface area contributed by atoms with Crippen molar-refractivity contribution in [1.29, 1.82) is 0 Å². The van der Waals surface area contributed by atoms with Gasteiger partial charge in [-0.3, -0.25) is 13.9 Å². The number of anilines is 1. The van der Waals surface area contributed by atoms with Gasteiger partial charge in [0.05, 0.1) is 24.8 Å². The third kappa shape index (κ3) is 7.92. The van der Waals surface area contributed by atoms with Gasteiger partial charge in [0.25, 0.3) is 10.0 Å². The molecule has 2 amide bonds. The zero-order valence-electron chi connectivity index (χ0n) is 23.8. The van der Waals surface area contributed by atoms with Crippen LogP contribution in [0.3, 0.4) is 0 Å². The van der Waals surface area contributed by atoms with E-state index in [0.29, 0.717) is 22.8 Å².